The van der Waals surface area contributed by atoms with Gasteiger partial charge in [0, 0.05) is 6.04 Å². The van der Waals surface area contributed by atoms with E-state index >= 15 is 0 Å². The maximum Gasteiger partial charge on any atom is 0.331 e. The van der Waals surface area contributed by atoms with Crippen LogP contribution in [0.4, 0.5) is 0 Å². The molecule has 2 rings (SSSR count). The zero-order valence-electron chi connectivity index (χ0n) is 12.3. The number of aliphatic carboxylic acids is 1. The summed E-state index contributed by atoms with van der Waals surface area (Å²) in [4.78, 5) is 12.0. The van der Waals surface area contributed by atoms with Gasteiger partial charge in [-0.15, -0.1) is 0 Å². The van der Waals surface area contributed by atoms with Crippen LogP contribution in [-0.2, 0) is 15.1 Å². The average Bonchev–Trinajstić information content (AvgIpc) is 3.18. The fraction of sp³-hybridized carbons (Fsp3) is 0.562. The standard InChI is InChI=1S/C16H23NO3/c1-15(2,3)20-11-16(14(18)19,17-13-9-10-13)12-7-5-4-6-8-12/h4-8,13,17H,9-11H2,1-3H3,(H,18,19). The van der Waals surface area contributed by atoms with E-state index in [0.717, 1.165) is 18.4 Å². The van der Waals surface area contributed by atoms with Crippen LogP contribution in [0.2, 0.25) is 0 Å². The number of ether oxygens (including phenoxy) is 1. The van der Waals surface area contributed by atoms with Crippen LogP contribution < -0.4 is 5.32 Å². The van der Waals surface area contributed by atoms with Gasteiger partial charge in [0.2, 0.25) is 0 Å². The lowest BCUT2D eigenvalue weighted by molar-refractivity contribution is -0.151. The Morgan fingerprint density at radius 2 is 1.90 bits per heavy atom. The highest BCUT2D eigenvalue weighted by molar-refractivity contribution is 5.81. The van der Waals surface area contributed by atoms with Gasteiger partial charge >= 0.3 is 5.97 Å². The number of carboxylic acid groups (broad SMARTS) is 1. The van der Waals surface area contributed by atoms with E-state index in [1.54, 1.807) is 0 Å². The Labute approximate surface area is 120 Å². The Morgan fingerprint density at radius 3 is 2.35 bits per heavy atom. The average molecular weight is 277 g/mol. The molecule has 0 aromatic heterocycles. The van der Waals surface area contributed by atoms with Gasteiger partial charge in [-0.25, -0.2) is 4.79 Å². The fourth-order valence-electron chi connectivity index (χ4n) is 2.08. The smallest absolute Gasteiger partial charge is 0.331 e. The number of nitrogens with one attached hydrogen (secondary N) is 1. The summed E-state index contributed by atoms with van der Waals surface area (Å²) in [6, 6.07) is 9.56. The van der Waals surface area contributed by atoms with Crippen molar-refractivity contribution in [1.82, 2.24) is 5.32 Å². The van der Waals surface area contributed by atoms with Gasteiger partial charge in [0.25, 0.3) is 0 Å². The van der Waals surface area contributed by atoms with E-state index in [-0.39, 0.29) is 18.2 Å². The molecule has 4 nitrogen and oxygen atoms in total. The van der Waals surface area contributed by atoms with E-state index in [9.17, 15) is 9.90 Å². The molecule has 20 heavy (non-hydrogen) atoms. The van der Waals surface area contributed by atoms with Gasteiger partial charge in [-0.2, -0.15) is 0 Å². The normalized spacial score (nSPS) is 18.6. The minimum absolute atomic E-state index is 0.117. The lowest BCUT2D eigenvalue weighted by Gasteiger charge is -2.34. The van der Waals surface area contributed by atoms with Crippen molar-refractivity contribution in [3.8, 4) is 0 Å². The topological polar surface area (TPSA) is 58.6 Å². The quantitative estimate of drug-likeness (QED) is 0.839. The molecule has 110 valence electrons. The molecular formula is C16H23NO3. The number of hydrogen-bond donors (Lipinski definition) is 2. The summed E-state index contributed by atoms with van der Waals surface area (Å²) in [5, 5.41) is 13.1. The molecule has 1 fully saturated rings. The van der Waals surface area contributed by atoms with Crippen molar-refractivity contribution < 1.29 is 14.6 Å². The van der Waals surface area contributed by atoms with Crippen LogP contribution in [0.25, 0.3) is 0 Å². The van der Waals surface area contributed by atoms with Gasteiger partial charge in [0.15, 0.2) is 5.54 Å². The molecule has 0 amide bonds. The number of hydrogen-bond acceptors (Lipinski definition) is 3. The molecule has 0 spiro atoms. The van der Waals surface area contributed by atoms with Crippen molar-refractivity contribution in [2.24, 2.45) is 0 Å². The van der Waals surface area contributed by atoms with E-state index in [4.69, 9.17) is 4.74 Å². The number of carbonyl (C=O) groups is 1. The van der Waals surface area contributed by atoms with Crippen molar-refractivity contribution in [1.29, 1.82) is 0 Å². The van der Waals surface area contributed by atoms with Crippen LogP contribution in [0, 0.1) is 0 Å². The van der Waals surface area contributed by atoms with Crippen LogP contribution in [0.5, 0.6) is 0 Å². The molecule has 1 atom stereocenters. The summed E-state index contributed by atoms with van der Waals surface area (Å²) >= 11 is 0. The van der Waals surface area contributed by atoms with E-state index < -0.39 is 11.5 Å². The van der Waals surface area contributed by atoms with E-state index in [0.29, 0.717) is 0 Å². The molecule has 1 aliphatic rings. The Hall–Kier alpha value is -1.39. The number of carboxylic acids is 1. The summed E-state index contributed by atoms with van der Waals surface area (Å²) in [6.07, 6.45) is 2.05. The van der Waals surface area contributed by atoms with Crippen LogP contribution in [0.15, 0.2) is 30.3 Å². The van der Waals surface area contributed by atoms with E-state index in [1.807, 2.05) is 51.1 Å². The molecular weight excluding hydrogens is 254 g/mol. The van der Waals surface area contributed by atoms with Crippen molar-refractivity contribution in [2.75, 3.05) is 6.61 Å². The van der Waals surface area contributed by atoms with Crippen LogP contribution in [0.3, 0.4) is 0 Å². The van der Waals surface area contributed by atoms with Crippen LogP contribution in [0.1, 0.15) is 39.2 Å². The van der Waals surface area contributed by atoms with Gasteiger partial charge in [-0.1, -0.05) is 30.3 Å². The Kier molecular flexibility index (Phi) is 4.16. The second kappa shape index (κ2) is 5.54. The maximum absolute atomic E-state index is 12.0. The third-order valence-electron chi connectivity index (χ3n) is 3.38. The third-order valence-corrected chi connectivity index (χ3v) is 3.38. The van der Waals surface area contributed by atoms with E-state index in [1.165, 1.54) is 0 Å². The lowest BCUT2D eigenvalue weighted by atomic mass is 9.90. The summed E-state index contributed by atoms with van der Waals surface area (Å²) in [5.41, 5.74) is -0.806. The van der Waals surface area contributed by atoms with E-state index in [2.05, 4.69) is 5.32 Å². The van der Waals surface area contributed by atoms with Crippen molar-refractivity contribution in [3.05, 3.63) is 35.9 Å². The van der Waals surface area contributed by atoms with Gasteiger partial charge < -0.3 is 9.84 Å². The van der Waals surface area contributed by atoms with Gasteiger partial charge in [0.05, 0.1) is 12.2 Å². The third kappa shape index (κ3) is 3.58. The second-order valence-electron chi connectivity index (χ2n) is 6.40. The van der Waals surface area contributed by atoms with Crippen molar-refractivity contribution >= 4 is 5.97 Å². The maximum atomic E-state index is 12.0. The lowest BCUT2D eigenvalue weighted by Crippen LogP contribution is -2.54. The molecule has 0 aliphatic heterocycles. The molecule has 1 aromatic rings. The minimum atomic E-state index is -1.17. The largest absolute Gasteiger partial charge is 0.480 e. The molecule has 2 N–H and O–H groups in total. The molecule has 0 saturated heterocycles. The molecule has 4 heteroatoms. The second-order valence-corrected chi connectivity index (χ2v) is 6.40. The number of rotatable bonds is 6. The van der Waals surface area contributed by atoms with Crippen LogP contribution in [-0.4, -0.2) is 29.3 Å². The number of benzene rings is 1. The van der Waals surface area contributed by atoms with Gasteiger partial charge in [0.1, 0.15) is 0 Å². The van der Waals surface area contributed by atoms with Gasteiger partial charge in [-0.05, 0) is 39.2 Å². The first kappa shape index (κ1) is 15.0. The monoisotopic (exact) mass is 277 g/mol. The van der Waals surface area contributed by atoms with Crippen molar-refractivity contribution in [3.63, 3.8) is 0 Å². The fourth-order valence-corrected chi connectivity index (χ4v) is 2.08. The summed E-state index contributed by atoms with van der Waals surface area (Å²) in [7, 11) is 0. The highest BCUT2D eigenvalue weighted by Crippen LogP contribution is 2.30. The first-order valence-corrected chi connectivity index (χ1v) is 7.04. The van der Waals surface area contributed by atoms with Crippen LogP contribution >= 0.6 is 0 Å². The minimum Gasteiger partial charge on any atom is -0.480 e. The predicted molar refractivity (Wildman–Crippen MR) is 77.6 cm³/mol. The zero-order chi connectivity index (χ0) is 14.8. The highest BCUT2D eigenvalue weighted by Gasteiger charge is 2.45. The highest BCUT2D eigenvalue weighted by atomic mass is 16.5. The van der Waals surface area contributed by atoms with Crippen molar-refractivity contribution in [2.45, 2.75) is 50.8 Å². The molecule has 1 unspecified atom stereocenters. The molecule has 0 radical (unpaired) electrons. The van der Waals surface area contributed by atoms with Gasteiger partial charge in [-0.3, -0.25) is 5.32 Å². The molecule has 1 aliphatic carbocycles. The summed E-state index contributed by atoms with van der Waals surface area (Å²) in [6.45, 7) is 5.91. The summed E-state index contributed by atoms with van der Waals surface area (Å²) < 4.78 is 5.80. The SMILES string of the molecule is CC(C)(C)OCC(NC1CC1)(C(=O)O)c1ccccc1. The Morgan fingerprint density at radius 1 is 1.30 bits per heavy atom. The Bertz CT molecular complexity index is 462. The Balaban J connectivity index is 2.31. The molecule has 0 heterocycles. The molecule has 1 aromatic carbocycles. The molecule has 0 bridgehead atoms. The first-order chi connectivity index (χ1) is 9.33. The summed E-state index contributed by atoms with van der Waals surface area (Å²) in [5.74, 6) is -0.889. The zero-order valence-corrected chi connectivity index (χ0v) is 12.3. The molecule has 1 saturated carbocycles. The first-order valence-electron chi connectivity index (χ1n) is 7.04. The predicted octanol–water partition coefficient (Wildman–Crippen LogP) is 2.53.